The molecule has 3 aromatic rings. The summed E-state index contributed by atoms with van der Waals surface area (Å²) in [5, 5.41) is 26.9. The highest BCUT2D eigenvalue weighted by molar-refractivity contribution is 6.02. The van der Waals surface area contributed by atoms with E-state index in [4.69, 9.17) is 4.52 Å². The maximum atomic E-state index is 12.3. The van der Waals surface area contributed by atoms with Gasteiger partial charge in [-0.05, 0) is 23.1 Å². The van der Waals surface area contributed by atoms with E-state index in [0.29, 0.717) is 27.8 Å². The number of nitrogens with zero attached hydrogens (tertiary/aromatic N) is 1. The predicted molar refractivity (Wildman–Crippen MR) is 104 cm³/mol. The number of aromatic hydroxyl groups is 2. The molecule has 0 fully saturated rings. The van der Waals surface area contributed by atoms with Gasteiger partial charge in [0, 0.05) is 18.7 Å². The van der Waals surface area contributed by atoms with Crippen molar-refractivity contribution in [2.45, 2.75) is 19.8 Å². The van der Waals surface area contributed by atoms with Crippen LogP contribution in [-0.2, 0) is 0 Å². The van der Waals surface area contributed by atoms with Gasteiger partial charge in [0.25, 0.3) is 5.91 Å². The number of phenols is 2. The summed E-state index contributed by atoms with van der Waals surface area (Å²) in [5.74, 6) is -0.494. The highest BCUT2D eigenvalue weighted by Crippen LogP contribution is 2.43. The molecular weight excluding hydrogens is 360 g/mol. The lowest BCUT2D eigenvalue weighted by molar-refractivity contribution is 0.0954. The number of nitrogens with one attached hydrogen (secondary N) is 1. The van der Waals surface area contributed by atoms with E-state index >= 15 is 0 Å². The Morgan fingerprint density at radius 3 is 2.39 bits per heavy atom. The van der Waals surface area contributed by atoms with Gasteiger partial charge in [-0.1, -0.05) is 43.3 Å². The van der Waals surface area contributed by atoms with Gasteiger partial charge in [0.05, 0.1) is 11.1 Å². The molecule has 0 saturated carbocycles. The van der Waals surface area contributed by atoms with Crippen LogP contribution in [0.2, 0.25) is 0 Å². The number of carbonyl (C=O) groups excluding carboxylic acids is 2. The van der Waals surface area contributed by atoms with E-state index in [1.54, 1.807) is 30.3 Å². The molecule has 0 aliphatic heterocycles. The van der Waals surface area contributed by atoms with Gasteiger partial charge < -0.3 is 20.1 Å². The minimum absolute atomic E-state index is 0.00370. The summed E-state index contributed by atoms with van der Waals surface area (Å²) in [6.45, 7) is 3.82. The first-order chi connectivity index (χ1) is 13.4. The van der Waals surface area contributed by atoms with Gasteiger partial charge in [-0.15, -0.1) is 0 Å². The summed E-state index contributed by atoms with van der Waals surface area (Å²) < 4.78 is 5.45. The third-order valence-corrected chi connectivity index (χ3v) is 4.48. The van der Waals surface area contributed by atoms with Crippen molar-refractivity contribution in [3.8, 4) is 33.9 Å². The molecule has 0 bridgehead atoms. The zero-order valence-corrected chi connectivity index (χ0v) is 15.7. The highest BCUT2D eigenvalue weighted by atomic mass is 16.5. The second kappa shape index (κ2) is 7.56. The molecule has 28 heavy (non-hydrogen) atoms. The first-order valence-electron chi connectivity index (χ1n) is 8.71. The van der Waals surface area contributed by atoms with E-state index in [1.165, 1.54) is 13.1 Å². The van der Waals surface area contributed by atoms with Crippen molar-refractivity contribution in [3.63, 3.8) is 0 Å². The second-order valence-corrected chi connectivity index (χ2v) is 6.64. The van der Waals surface area contributed by atoms with Gasteiger partial charge in [0.1, 0.15) is 17.8 Å². The topological polar surface area (TPSA) is 113 Å². The molecular formula is C21H20N2O5. The smallest absolute Gasteiger partial charge is 0.273 e. The Morgan fingerprint density at radius 2 is 1.82 bits per heavy atom. The molecule has 1 amide bonds. The van der Waals surface area contributed by atoms with Crippen LogP contribution >= 0.6 is 0 Å². The molecule has 0 atom stereocenters. The number of rotatable bonds is 5. The highest BCUT2D eigenvalue weighted by Gasteiger charge is 2.26. The Hall–Kier alpha value is -3.61. The van der Waals surface area contributed by atoms with Gasteiger partial charge in [-0.2, -0.15) is 0 Å². The van der Waals surface area contributed by atoms with Crippen LogP contribution in [0.1, 0.15) is 46.2 Å². The molecule has 7 heteroatoms. The third kappa shape index (κ3) is 3.34. The summed E-state index contributed by atoms with van der Waals surface area (Å²) in [5.41, 5.74) is 2.44. The van der Waals surface area contributed by atoms with Crippen molar-refractivity contribution in [1.29, 1.82) is 0 Å². The number of aldehydes is 1. The summed E-state index contributed by atoms with van der Waals surface area (Å²) in [7, 11) is 1.48. The summed E-state index contributed by atoms with van der Waals surface area (Å²) >= 11 is 0. The first kappa shape index (κ1) is 19.2. The number of carbonyl (C=O) groups is 2. The van der Waals surface area contributed by atoms with Gasteiger partial charge >= 0.3 is 0 Å². The Labute approximate surface area is 161 Å². The molecule has 0 radical (unpaired) electrons. The van der Waals surface area contributed by atoms with Crippen molar-refractivity contribution < 1.29 is 24.3 Å². The lowest BCUT2D eigenvalue weighted by atomic mass is 9.94. The Balaban J connectivity index is 2.27. The van der Waals surface area contributed by atoms with Crippen LogP contribution in [0.15, 0.2) is 40.9 Å². The van der Waals surface area contributed by atoms with Crippen molar-refractivity contribution in [2.24, 2.45) is 0 Å². The van der Waals surface area contributed by atoms with E-state index < -0.39 is 5.91 Å². The maximum Gasteiger partial charge on any atom is 0.273 e. The Bertz CT molecular complexity index is 1040. The van der Waals surface area contributed by atoms with E-state index in [1.807, 2.05) is 13.8 Å². The van der Waals surface area contributed by atoms with Crippen LogP contribution in [0.3, 0.4) is 0 Å². The van der Waals surface area contributed by atoms with Crippen LogP contribution < -0.4 is 5.32 Å². The monoisotopic (exact) mass is 380 g/mol. The molecule has 1 aromatic heterocycles. The molecule has 0 aliphatic carbocycles. The molecule has 3 rings (SSSR count). The average Bonchev–Trinajstić information content (AvgIpc) is 3.12. The van der Waals surface area contributed by atoms with Gasteiger partial charge in [0.2, 0.25) is 0 Å². The van der Waals surface area contributed by atoms with Crippen LogP contribution in [0, 0.1) is 0 Å². The standard InChI is InChI=1S/C21H20N2O5/c1-11(2)14-8-15(17(26)9-16(14)25)20-18(19(23-28-20)21(27)22-3)13-6-4-12(10-24)5-7-13/h4-11,25-26H,1-3H3,(H,22,27). The van der Waals surface area contributed by atoms with Crippen molar-refractivity contribution in [2.75, 3.05) is 7.05 Å². The fourth-order valence-corrected chi connectivity index (χ4v) is 2.98. The van der Waals surface area contributed by atoms with E-state index in [9.17, 15) is 19.8 Å². The van der Waals surface area contributed by atoms with E-state index in [2.05, 4.69) is 10.5 Å². The lowest BCUT2D eigenvalue weighted by Crippen LogP contribution is -2.19. The summed E-state index contributed by atoms with van der Waals surface area (Å²) in [6.07, 6.45) is 0.721. The van der Waals surface area contributed by atoms with Gasteiger partial charge in [-0.3, -0.25) is 9.59 Å². The molecule has 144 valence electrons. The quantitative estimate of drug-likeness (QED) is 0.582. The Kier molecular flexibility index (Phi) is 5.17. The summed E-state index contributed by atoms with van der Waals surface area (Å²) in [4.78, 5) is 23.2. The number of phenolic OH excluding ortho intramolecular Hbond substituents is 2. The maximum absolute atomic E-state index is 12.3. The fourth-order valence-electron chi connectivity index (χ4n) is 2.98. The molecule has 0 unspecified atom stereocenters. The average molecular weight is 380 g/mol. The first-order valence-corrected chi connectivity index (χ1v) is 8.71. The minimum atomic E-state index is -0.452. The largest absolute Gasteiger partial charge is 0.508 e. The molecule has 7 nitrogen and oxygen atoms in total. The number of benzene rings is 2. The van der Waals surface area contributed by atoms with E-state index in [0.717, 1.165) is 6.29 Å². The second-order valence-electron chi connectivity index (χ2n) is 6.64. The van der Waals surface area contributed by atoms with Crippen LogP contribution in [0.25, 0.3) is 22.5 Å². The molecule has 0 aliphatic rings. The normalized spacial score (nSPS) is 10.9. The fraction of sp³-hybridized carbons (Fsp3) is 0.190. The van der Waals surface area contributed by atoms with Crippen LogP contribution in [-0.4, -0.2) is 34.6 Å². The lowest BCUT2D eigenvalue weighted by Gasteiger charge is -2.12. The molecule has 3 N–H and O–H groups in total. The molecule has 2 aromatic carbocycles. The van der Waals surface area contributed by atoms with Crippen LogP contribution in [0.5, 0.6) is 11.5 Å². The van der Waals surface area contributed by atoms with Gasteiger partial charge in [0.15, 0.2) is 11.5 Å². The molecule has 1 heterocycles. The van der Waals surface area contributed by atoms with Crippen molar-refractivity contribution >= 4 is 12.2 Å². The van der Waals surface area contributed by atoms with E-state index in [-0.39, 0.29) is 28.9 Å². The number of aromatic nitrogens is 1. The Morgan fingerprint density at radius 1 is 1.14 bits per heavy atom. The zero-order chi connectivity index (χ0) is 20.4. The molecule has 0 spiro atoms. The molecule has 0 saturated heterocycles. The van der Waals surface area contributed by atoms with Crippen LogP contribution in [0.4, 0.5) is 0 Å². The minimum Gasteiger partial charge on any atom is -0.508 e. The van der Waals surface area contributed by atoms with Gasteiger partial charge in [-0.25, -0.2) is 0 Å². The predicted octanol–water partition coefficient (Wildman–Crippen LogP) is 3.72. The zero-order valence-electron chi connectivity index (χ0n) is 15.7. The number of amides is 1. The number of hydrogen-bond acceptors (Lipinski definition) is 6. The van der Waals surface area contributed by atoms with Crippen molar-refractivity contribution in [3.05, 3.63) is 53.2 Å². The number of hydrogen-bond donors (Lipinski definition) is 3. The summed E-state index contributed by atoms with van der Waals surface area (Å²) in [6, 6.07) is 9.44. The van der Waals surface area contributed by atoms with Crippen molar-refractivity contribution in [1.82, 2.24) is 10.5 Å². The SMILES string of the molecule is CNC(=O)c1noc(-c2cc(C(C)C)c(O)cc2O)c1-c1ccc(C=O)cc1. The third-order valence-electron chi connectivity index (χ3n) is 4.48.